The van der Waals surface area contributed by atoms with E-state index in [0.29, 0.717) is 5.75 Å². The van der Waals surface area contributed by atoms with Gasteiger partial charge in [0.2, 0.25) is 5.91 Å². The van der Waals surface area contributed by atoms with Gasteiger partial charge in [-0.15, -0.1) is 0 Å². The lowest BCUT2D eigenvalue weighted by molar-refractivity contribution is -0.113. The van der Waals surface area contributed by atoms with E-state index in [1.54, 1.807) is 30.3 Å². The Balaban J connectivity index is 0.000000336. The first kappa shape index (κ1) is 13.2. The van der Waals surface area contributed by atoms with Crippen LogP contribution in [0, 0.1) is 0 Å². The van der Waals surface area contributed by atoms with Crippen molar-refractivity contribution < 1.29 is 17.4 Å². The summed E-state index contributed by atoms with van der Waals surface area (Å²) in [5, 5.41) is 0. The molecule has 82 valence electrons. The second kappa shape index (κ2) is 7.57. The summed E-state index contributed by atoms with van der Waals surface area (Å²) in [5.74, 6) is -0.136. The average molecular weight is 229 g/mol. The molecule has 0 unspecified atom stereocenters. The number of primary amides is 1. The van der Waals surface area contributed by atoms with Crippen molar-refractivity contribution in [1.29, 1.82) is 0 Å². The second-order valence-electron chi connectivity index (χ2n) is 2.23. The summed E-state index contributed by atoms with van der Waals surface area (Å²) in [5.41, 5.74) is 4.53. The van der Waals surface area contributed by atoms with E-state index >= 15 is 0 Å². The normalized spacial score (nSPS) is 8.60. The maximum absolute atomic E-state index is 9.98. The van der Waals surface area contributed by atoms with E-state index in [4.69, 9.17) is 0 Å². The minimum Gasteiger partial charge on any atom is -0.384 e. The Morgan fingerprint density at radius 3 is 2.13 bits per heavy atom. The predicted octanol–water partition coefficient (Wildman–Crippen LogP) is 0.249. The van der Waals surface area contributed by atoms with Gasteiger partial charge in [0.05, 0.1) is 0 Å². The molecule has 1 aromatic rings. The van der Waals surface area contributed by atoms with Crippen LogP contribution in [0.2, 0.25) is 0 Å². The number of amides is 1. The van der Waals surface area contributed by atoms with Crippen LogP contribution in [0.1, 0.15) is 0 Å². The Kier molecular flexibility index (Phi) is 6.65. The Bertz CT molecular complexity index is 378. The molecule has 0 heterocycles. The first-order valence-corrected chi connectivity index (χ1v) is 4.95. The van der Waals surface area contributed by atoms with Crippen LogP contribution in [-0.2, 0) is 15.8 Å². The zero-order valence-corrected chi connectivity index (χ0v) is 8.72. The van der Waals surface area contributed by atoms with Crippen molar-refractivity contribution in [3.63, 3.8) is 0 Å². The number of hydrogen-bond donors (Lipinski definition) is 2. The number of para-hydroxylation sites is 1. The molecule has 6 heteroatoms. The van der Waals surface area contributed by atoms with E-state index in [2.05, 4.69) is 16.5 Å². The molecule has 0 atom stereocenters. The van der Waals surface area contributed by atoms with Crippen molar-refractivity contribution in [3.8, 4) is 5.75 Å². The van der Waals surface area contributed by atoms with Crippen LogP contribution in [0.3, 0.4) is 0 Å². The summed E-state index contributed by atoms with van der Waals surface area (Å²) >= 11 is 0. The Labute approximate surface area is 89.3 Å². The van der Waals surface area contributed by atoms with Gasteiger partial charge in [0.25, 0.3) is 11.0 Å². The second-order valence-corrected chi connectivity index (χ2v) is 2.86. The standard InChI is InChI=1S/C6H6O3S.C3H5NO/c7-10(8)9-6-4-2-1-3-5-6;1-2-3(4)5/h1-5,10H;2H,1H2,(H2,4,5). The van der Waals surface area contributed by atoms with Gasteiger partial charge in [-0.3, -0.25) is 4.79 Å². The third kappa shape index (κ3) is 8.51. The topological polar surface area (TPSA) is 86.5 Å². The molecule has 0 saturated carbocycles. The smallest absolute Gasteiger partial charge is 0.299 e. The number of hydrogen-bond acceptors (Lipinski definition) is 4. The molecule has 0 saturated heterocycles. The van der Waals surface area contributed by atoms with Crippen LogP contribution in [0.5, 0.6) is 5.75 Å². The molecule has 0 bridgehead atoms. The number of nitrogens with two attached hydrogens (primary N) is 1. The highest BCUT2D eigenvalue weighted by Gasteiger charge is 1.88. The molecule has 15 heavy (non-hydrogen) atoms. The van der Waals surface area contributed by atoms with Crippen LogP contribution < -0.4 is 9.92 Å². The fourth-order valence-electron chi connectivity index (χ4n) is 0.567. The van der Waals surface area contributed by atoms with Gasteiger partial charge in [0.1, 0.15) is 5.75 Å². The van der Waals surface area contributed by atoms with Gasteiger partial charge in [0.15, 0.2) is 0 Å². The van der Waals surface area contributed by atoms with Gasteiger partial charge in [-0.05, 0) is 18.2 Å². The van der Waals surface area contributed by atoms with Gasteiger partial charge in [0, 0.05) is 0 Å². The summed E-state index contributed by atoms with van der Waals surface area (Å²) in [6.45, 7) is 3.09. The fraction of sp³-hybridized carbons (Fsp3) is 0. The van der Waals surface area contributed by atoms with Gasteiger partial charge in [-0.1, -0.05) is 24.8 Å². The number of thiol groups is 1. The van der Waals surface area contributed by atoms with Gasteiger partial charge in [-0.25, -0.2) is 0 Å². The van der Waals surface area contributed by atoms with E-state index in [0.717, 1.165) is 6.08 Å². The summed E-state index contributed by atoms with van der Waals surface area (Å²) in [6, 6.07) is 8.34. The van der Waals surface area contributed by atoms with Gasteiger partial charge in [-0.2, -0.15) is 8.42 Å². The Morgan fingerprint density at radius 2 is 1.80 bits per heavy atom. The fourth-order valence-corrected chi connectivity index (χ4v) is 0.861. The summed E-state index contributed by atoms with van der Waals surface area (Å²) in [6.07, 6.45) is 1.06. The van der Waals surface area contributed by atoms with Crippen LogP contribution in [-0.4, -0.2) is 14.3 Å². The molecule has 0 spiro atoms. The minimum absolute atomic E-state index is 0.346. The lowest BCUT2D eigenvalue weighted by atomic mass is 10.3. The van der Waals surface area contributed by atoms with E-state index in [9.17, 15) is 13.2 Å². The van der Waals surface area contributed by atoms with E-state index < -0.39 is 16.9 Å². The molecule has 1 rings (SSSR count). The molecule has 0 radical (unpaired) electrons. The first-order valence-electron chi connectivity index (χ1n) is 3.85. The summed E-state index contributed by atoms with van der Waals surface area (Å²) < 4.78 is 24.3. The lowest BCUT2D eigenvalue weighted by Gasteiger charge is -1.93. The summed E-state index contributed by atoms with van der Waals surface area (Å²) in [7, 11) is -2.78. The molecule has 1 amide bonds. The molecule has 0 aliphatic heterocycles. The van der Waals surface area contributed by atoms with Gasteiger partial charge >= 0.3 is 0 Å². The van der Waals surface area contributed by atoms with E-state index in [-0.39, 0.29) is 0 Å². The molecule has 2 N–H and O–H groups in total. The van der Waals surface area contributed by atoms with Crippen LogP contribution in [0.15, 0.2) is 43.0 Å². The van der Waals surface area contributed by atoms with E-state index in [1.807, 2.05) is 0 Å². The van der Waals surface area contributed by atoms with E-state index in [1.165, 1.54) is 0 Å². The highest BCUT2D eigenvalue weighted by Crippen LogP contribution is 2.07. The third-order valence-electron chi connectivity index (χ3n) is 1.12. The largest absolute Gasteiger partial charge is 0.384 e. The van der Waals surface area contributed by atoms with Crippen LogP contribution >= 0.6 is 0 Å². The zero-order valence-electron chi connectivity index (χ0n) is 7.83. The number of rotatable bonds is 3. The maximum atomic E-state index is 9.98. The molecule has 5 nitrogen and oxygen atoms in total. The lowest BCUT2D eigenvalue weighted by Crippen LogP contribution is -2.04. The predicted molar refractivity (Wildman–Crippen MR) is 56.8 cm³/mol. The molecular weight excluding hydrogens is 218 g/mol. The minimum atomic E-state index is -2.78. The zero-order chi connectivity index (χ0) is 11.7. The van der Waals surface area contributed by atoms with Crippen LogP contribution in [0.4, 0.5) is 0 Å². The van der Waals surface area contributed by atoms with Crippen molar-refractivity contribution in [2.45, 2.75) is 0 Å². The monoisotopic (exact) mass is 229 g/mol. The van der Waals surface area contributed by atoms with Crippen molar-refractivity contribution in [2.24, 2.45) is 5.73 Å². The van der Waals surface area contributed by atoms with Gasteiger partial charge < -0.3 is 9.92 Å². The molecular formula is C9H11NO4S. The highest BCUT2D eigenvalue weighted by molar-refractivity contribution is 7.67. The average Bonchev–Trinajstić information content (AvgIpc) is 2.19. The quantitative estimate of drug-likeness (QED) is 0.574. The SMILES string of the molecule is C=CC(N)=O.O=[SH](=O)Oc1ccccc1. The highest BCUT2D eigenvalue weighted by atomic mass is 32.2. The Morgan fingerprint density at radius 1 is 1.33 bits per heavy atom. The summed E-state index contributed by atoms with van der Waals surface area (Å²) in [4.78, 5) is 9.47. The first-order chi connectivity index (χ1) is 7.06. The molecule has 0 fully saturated rings. The number of carbonyl (C=O) groups is 1. The van der Waals surface area contributed by atoms with Crippen molar-refractivity contribution in [1.82, 2.24) is 0 Å². The van der Waals surface area contributed by atoms with Crippen LogP contribution in [0.25, 0.3) is 0 Å². The third-order valence-corrected chi connectivity index (χ3v) is 1.48. The molecule has 0 aliphatic rings. The van der Waals surface area contributed by atoms with Crippen molar-refractivity contribution in [3.05, 3.63) is 43.0 Å². The Hall–Kier alpha value is -1.82. The maximum Gasteiger partial charge on any atom is 0.299 e. The molecule has 1 aromatic carbocycles. The molecule has 0 aliphatic carbocycles. The number of carbonyl (C=O) groups excluding carboxylic acids is 1. The number of benzene rings is 1. The van der Waals surface area contributed by atoms with Crippen molar-refractivity contribution >= 4 is 16.9 Å². The van der Waals surface area contributed by atoms with Crippen molar-refractivity contribution in [2.75, 3.05) is 0 Å². The molecule has 0 aromatic heterocycles.